The molecule has 0 bridgehead atoms. The molecule has 0 atom stereocenters. The molecule has 0 saturated carbocycles. The number of amides is 1. The maximum absolute atomic E-state index is 11.2. The number of hydrogen-bond donors (Lipinski definition) is 1. The molecule has 1 saturated heterocycles. The number of carbonyl (C=O) groups excluding carboxylic acids is 1. The van der Waals surface area contributed by atoms with E-state index >= 15 is 0 Å². The summed E-state index contributed by atoms with van der Waals surface area (Å²) in [4.78, 5) is 18.5. The van der Waals surface area contributed by atoms with Gasteiger partial charge in [0.15, 0.2) is 0 Å². The number of carbonyl (C=O) groups is 1. The summed E-state index contributed by atoms with van der Waals surface area (Å²) in [6, 6.07) is 5.99. The number of anilines is 1. The Morgan fingerprint density at radius 2 is 2.09 bits per heavy atom. The van der Waals surface area contributed by atoms with Crippen molar-refractivity contribution < 1.29 is 4.79 Å². The Balaban J connectivity index is 1.94. The third-order valence-corrected chi connectivity index (χ3v) is 4.16. The van der Waals surface area contributed by atoms with Gasteiger partial charge in [-0.15, -0.1) is 0 Å². The number of aryl methyl sites for hydroxylation is 1. The van der Waals surface area contributed by atoms with Crippen LogP contribution in [-0.4, -0.2) is 33.4 Å². The van der Waals surface area contributed by atoms with Crippen molar-refractivity contribution >= 4 is 22.6 Å². The van der Waals surface area contributed by atoms with Crippen LogP contribution in [0.5, 0.6) is 0 Å². The maximum Gasteiger partial charge on any atom is 0.221 e. The summed E-state index contributed by atoms with van der Waals surface area (Å²) >= 11 is 0. The Morgan fingerprint density at radius 3 is 2.77 bits per heavy atom. The second-order valence-electron chi connectivity index (χ2n) is 6.05. The molecule has 118 valence electrons. The van der Waals surface area contributed by atoms with E-state index < -0.39 is 0 Å². The quantitative estimate of drug-likeness (QED) is 0.923. The van der Waals surface area contributed by atoms with Crippen molar-refractivity contribution in [3.05, 3.63) is 24.0 Å². The number of nitrogens with one attached hydrogen (secondary N) is 1. The van der Waals surface area contributed by atoms with E-state index in [4.69, 9.17) is 4.98 Å². The number of aromatic nitrogens is 2. The van der Waals surface area contributed by atoms with Gasteiger partial charge in [-0.1, -0.05) is 6.92 Å². The molecule has 22 heavy (non-hydrogen) atoms. The normalized spacial score (nSPS) is 15.5. The Bertz CT molecular complexity index is 671. The Morgan fingerprint density at radius 1 is 1.32 bits per heavy atom. The van der Waals surface area contributed by atoms with Gasteiger partial charge < -0.3 is 9.88 Å². The molecule has 1 aliphatic rings. The van der Waals surface area contributed by atoms with Crippen molar-refractivity contribution in [1.29, 1.82) is 0 Å². The molecule has 2 aromatic rings. The highest BCUT2D eigenvalue weighted by atomic mass is 16.1. The second-order valence-corrected chi connectivity index (χ2v) is 6.05. The van der Waals surface area contributed by atoms with Crippen LogP contribution < -0.4 is 5.32 Å². The lowest BCUT2D eigenvalue weighted by Gasteiger charge is -2.15. The first-order valence-corrected chi connectivity index (χ1v) is 8.16. The summed E-state index contributed by atoms with van der Waals surface area (Å²) in [6.45, 7) is 7.97. The third kappa shape index (κ3) is 3.14. The highest BCUT2D eigenvalue weighted by Crippen LogP contribution is 2.23. The van der Waals surface area contributed by atoms with Crippen LogP contribution in [0.2, 0.25) is 0 Å². The van der Waals surface area contributed by atoms with Gasteiger partial charge in [0, 0.05) is 19.2 Å². The van der Waals surface area contributed by atoms with Gasteiger partial charge in [-0.2, -0.15) is 0 Å². The smallest absolute Gasteiger partial charge is 0.221 e. The van der Waals surface area contributed by atoms with Gasteiger partial charge in [0.2, 0.25) is 5.91 Å². The van der Waals surface area contributed by atoms with Gasteiger partial charge in [0.25, 0.3) is 0 Å². The van der Waals surface area contributed by atoms with Crippen molar-refractivity contribution in [2.75, 3.05) is 18.4 Å². The zero-order valence-electron chi connectivity index (χ0n) is 13.4. The van der Waals surface area contributed by atoms with Crippen molar-refractivity contribution in [2.45, 2.75) is 46.2 Å². The van der Waals surface area contributed by atoms with Crippen molar-refractivity contribution in [1.82, 2.24) is 14.5 Å². The average molecular weight is 300 g/mol. The zero-order chi connectivity index (χ0) is 15.5. The first-order valence-electron chi connectivity index (χ1n) is 8.16. The molecule has 5 nitrogen and oxygen atoms in total. The molecule has 3 rings (SSSR count). The molecule has 1 N–H and O–H groups in total. The molecular weight excluding hydrogens is 276 g/mol. The fourth-order valence-corrected chi connectivity index (χ4v) is 3.20. The minimum absolute atomic E-state index is 0.0513. The monoisotopic (exact) mass is 300 g/mol. The molecule has 5 heteroatoms. The highest BCUT2D eigenvalue weighted by molar-refractivity contribution is 5.91. The van der Waals surface area contributed by atoms with Crippen LogP contribution >= 0.6 is 0 Å². The largest absolute Gasteiger partial charge is 0.327 e. The van der Waals surface area contributed by atoms with Crippen LogP contribution in [0.25, 0.3) is 11.0 Å². The molecule has 1 aromatic carbocycles. The fourth-order valence-electron chi connectivity index (χ4n) is 3.20. The molecule has 2 heterocycles. The number of likely N-dealkylation sites (tertiary alicyclic amines) is 1. The molecule has 0 aliphatic carbocycles. The minimum Gasteiger partial charge on any atom is -0.327 e. The molecule has 1 aliphatic heterocycles. The number of imidazole rings is 1. The highest BCUT2D eigenvalue weighted by Gasteiger charge is 2.17. The Kier molecular flexibility index (Phi) is 4.43. The summed E-state index contributed by atoms with van der Waals surface area (Å²) in [7, 11) is 0. The van der Waals surface area contributed by atoms with Crippen LogP contribution in [0.1, 0.15) is 38.9 Å². The molecule has 0 spiro atoms. The first-order chi connectivity index (χ1) is 10.7. The van der Waals surface area contributed by atoms with E-state index in [9.17, 15) is 4.79 Å². The predicted octanol–water partition coefficient (Wildman–Crippen LogP) is 3.00. The van der Waals surface area contributed by atoms with E-state index in [1.54, 1.807) is 0 Å². The molecule has 1 fully saturated rings. The van der Waals surface area contributed by atoms with E-state index in [1.165, 1.54) is 32.9 Å². The summed E-state index contributed by atoms with van der Waals surface area (Å²) in [5.41, 5.74) is 2.94. The van der Waals surface area contributed by atoms with E-state index in [0.29, 0.717) is 0 Å². The van der Waals surface area contributed by atoms with Gasteiger partial charge in [0.05, 0.1) is 17.6 Å². The van der Waals surface area contributed by atoms with Crippen molar-refractivity contribution in [2.24, 2.45) is 0 Å². The Labute approximate surface area is 131 Å². The lowest BCUT2D eigenvalue weighted by Crippen LogP contribution is -2.21. The standard InChI is InChI=1S/C17H24N4O/c1-3-8-21-16-7-6-14(18-13(2)22)11-15(16)19-17(21)12-20-9-4-5-10-20/h6-7,11H,3-5,8-10,12H2,1-2H3,(H,18,22). The lowest BCUT2D eigenvalue weighted by atomic mass is 10.2. The van der Waals surface area contributed by atoms with Crippen LogP contribution in [0.3, 0.4) is 0 Å². The van der Waals surface area contributed by atoms with Gasteiger partial charge in [0.1, 0.15) is 5.82 Å². The third-order valence-electron chi connectivity index (χ3n) is 4.16. The van der Waals surface area contributed by atoms with Crippen molar-refractivity contribution in [3.63, 3.8) is 0 Å². The first kappa shape index (κ1) is 15.0. The predicted molar refractivity (Wildman–Crippen MR) is 88.8 cm³/mol. The SMILES string of the molecule is CCCn1c(CN2CCCC2)nc2cc(NC(C)=O)ccc21. The number of fused-ring (bicyclic) bond motifs is 1. The number of rotatable bonds is 5. The van der Waals surface area contributed by atoms with Gasteiger partial charge in [-0.05, 0) is 50.6 Å². The van der Waals surface area contributed by atoms with Crippen LogP contribution in [0.4, 0.5) is 5.69 Å². The van der Waals surface area contributed by atoms with Gasteiger partial charge in [-0.25, -0.2) is 4.98 Å². The lowest BCUT2D eigenvalue weighted by molar-refractivity contribution is -0.114. The topological polar surface area (TPSA) is 50.2 Å². The van der Waals surface area contributed by atoms with Crippen molar-refractivity contribution in [3.8, 4) is 0 Å². The number of nitrogens with zero attached hydrogens (tertiary/aromatic N) is 3. The second kappa shape index (κ2) is 6.48. The zero-order valence-corrected chi connectivity index (χ0v) is 13.4. The molecular formula is C17H24N4O. The molecule has 1 amide bonds. The van der Waals surface area contributed by atoms with E-state index in [2.05, 4.69) is 27.8 Å². The van der Waals surface area contributed by atoms with E-state index in [-0.39, 0.29) is 5.91 Å². The van der Waals surface area contributed by atoms with Crippen LogP contribution in [0.15, 0.2) is 18.2 Å². The molecule has 0 radical (unpaired) electrons. The Hall–Kier alpha value is -1.88. The minimum atomic E-state index is -0.0513. The van der Waals surface area contributed by atoms with Crippen LogP contribution in [-0.2, 0) is 17.9 Å². The summed E-state index contributed by atoms with van der Waals surface area (Å²) in [6.07, 6.45) is 3.67. The van der Waals surface area contributed by atoms with Gasteiger partial charge >= 0.3 is 0 Å². The van der Waals surface area contributed by atoms with Crippen LogP contribution in [0, 0.1) is 0 Å². The molecule has 0 unspecified atom stereocenters. The summed E-state index contributed by atoms with van der Waals surface area (Å²) < 4.78 is 2.32. The van der Waals surface area contributed by atoms with E-state index in [1.807, 2.05) is 12.1 Å². The fraction of sp³-hybridized carbons (Fsp3) is 0.529. The van der Waals surface area contributed by atoms with Gasteiger partial charge in [-0.3, -0.25) is 9.69 Å². The molecule has 1 aromatic heterocycles. The summed E-state index contributed by atoms with van der Waals surface area (Å²) in [5.74, 6) is 1.09. The van der Waals surface area contributed by atoms with E-state index in [0.717, 1.165) is 42.1 Å². The number of hydrogen-bond acceptors (Lipinski definition) is 3. The maximum atomic E-state index is 11.2. The average Bonchev–Trinajstić information content (AvgIpc) is 3.08. The summed E-state index contributed by atoms with van der Waals surface area (Å²) in [5, 5.41) is 2.83. The number of benzene rings is 1.